The first-order valence-electron chi connectivity index (χ1n) is 6.66. The molecule has 1 aliphatic heterocycles. The standard InChI is InChI=1S/C15H15NO4S/c1-19-15(18)13-9-16(6-7-21-13)14(17)12-8-10-4-2-3-5-11(10)20-12/h2-5,8,13H,6-7,9H2,1H3/t13-/m1/s1. The van der Waals surface area contributed by atoms with Crippen LogP contribution in [-0.2, 0) is 9.53 Å². The fraction of sp³-hybridized carbons (Fsp3) is 0.333. The number of benzene rings is 1. The molecule has 2 aromatic rings. The van der Waals surface area contributed by atoms with Crippen LogP contribution in [0.5, 0.6) is 0 Å². The summed E-state index contributed by atoms with van der Waals surface area (Å²) >= 11 is 1.52. The van der Waals surface area contributed by atoms with Crippen molar-refractivity contribution in [2.24, 2.45) is 0 Å². The molecule has 1 aromatic carbocycles. The number of fused-ring (bicyclic) bond motifs is 1. The SMILES string of the molecule is COC(=O)[C@H]1CN(C(=O)c2cc3ccccc3o2)CCS1. The summed E-state index contributed by atoms with van der Waals surface area (Å²) < 4.78 is 10.3. The minimum Gasteiger partial charge on any atom is -0.468 e. The lowest BCUT2D eigenvalue weighted by atomic mass is 10.2. The van der Waals surface area contributed by atoms with Crippen LogP contribution in [0.1, 0.15) is 10.6 Å². The Labute approximate surface area is 126 Å². The molecule has 0 N–H and O–H groups in total. The molecule has 110 valence electrons. The molecule has 0 bridgehead atoms. The van der Waals surface area contributed by atoms with Crippen LogP contribution in [0.15, 0.2) is 34.7 Å². The lowest BCUT2D eigenvalue weighted by molar-refractivity contribution is -0.140. The van der Waals surface area contributed by atoms with Gasteiger partial charge < -0.3 is 14.1 Å². The van der Waals surface area contributed by atoms with E-state index >= 15 is 0 Å². The van der Waals surface area contributed by atoms with Crippen LogP contribution in [0.25, 0.3) is 11.0 Å². The Morgan fingerprint density at radius 1 is 1.38 bits per heavy atom. The fourth-order valence-electron chi connectivity index (χ4n) is 2.35. The smallest absolute Gasteiger partial charge is 0.320 e. The Hall–Kier alpha value is -1.95. The van der Waals surface area contributed by atoms with E-state index in [0.29, 0.717) is 30.2 Å². The Kier molecular flexibility index (Phi) is 3.88. The van der Waals surface area contributed by atoms with E-state index in [4.69, 9.17) is 9.15 Å². The van der Waals surface area contributed by atoms with E-state index in [1.54, 1.807) is 11.0 Å². The van der Waals surface area contributed by atoms with Crippen LogP contribution >= 0.6 is 11.8 Å². The van der Waals surface area contributed by atoms with Gasteiger partial charge in [-0.3, -0.25) is 9.59 Å². The van der Waals surface area contributed by atoms with Gasteiger partial charge in [-0.15, -0.1) is 11.8 Å². The van der Waals surface area contributed by atoms with E-state index in [-0.39, 0.29) is 17.1 Å². The van der Waals surface area contributed by atoms with Gasteiger partial charge in [0.15, 0.2) is 5.76 Å². The summed E-state index contributed by atoms with van der Waals surface area (Å²) in [6.07, 6.45) is 0. The third-order valence-corrected chi connectivity index (χ3v) is 4.62. The van der Waals surface area contributed by atoms with Gasteiger partial charge in [-0.25, -0.2) is 0 Å². The second-order valence-electron chi connectivity index (χ2n) is 4.78. The van der Waals surface area contributed by atoms with Crippen molar-refractivity contribution in [2.45, 2.75) is 5.25 Å². The molecule has 1 fully saturated rings. The maximum atomic E-state index is 12.5. The molecule has 0 radical (unpaired) electrons. The van der Waals surface area contributed by atoms with Gasteiger partial charge >= 0.3 is 5.97 Å². The van der Waals surface area contributed by atoms with Crippen molar-refractivity contribution in [3.63, 3.8) is 0 Å². The summed E-state index contributed by atoms with van der Waals surface area (Å²) in [6, 6.07) is 9.24. The summed E-state index contributed by atoms with van der Waals surface area (Å²) in [5.41, 5.74) is 0.691. The number of rotatable bonds is 2. The Bertz CT molecular complexity index is 648. The minimum atomic E-state index is -0.322. The number of furan rings is 1. The number of hydrogen-bond acceptors (Lipinski definition) is 5. The number of ether oxygens (including phenoxy) is 1. The first kappa shape index (κ1) is 14.0. The first-order valence-corrected chi connectivity index (χ1v) is 7.71. The maximum Gasteiger partial charge on any atom is 0.320 e. The van der Waals surface area contributed by atoms with Gasteiger partial charge in [0, 0.05) is 24.2 Å². The van der Waals surface area contributed by atoms with Gasteiger partial charge in [0.2, 0.25) is 0 Å². The number of carbonyl (C=O) groups excluding carboxylic acids is 2. The molecule has 21 heavy (non-hydrogen) atoms. The third kappa shape index (κ3) is 2.76. The molecule has 0 aliphatic carbocycles. The second-order valence-corrected chi connectivity index (χ2v) is 6.09. The molecule has 1 aromatic heterocycles. The van der Waals surface area contributed by atoms with Gasteiger partial charge in [-0.2, -0.15) is 0 Å². The summed E-state index contributed by atoms with van der Waals surface area (Å²) in [4.78, 5) is 25.8. The van der Waals surface area contributed by atoms with Crippen LogP contribution in [0.3, 0.4) is 0 Å². The molecule has 0 spiro atoms. The van der Waals surface area contributed by atoms with Crippen molar-refractivity contribution >= 4 is 34.6 Å². The largest absolute Gasteiger partial charge is 0.468 e. The highest BCUT2D eigenvalue weighted by Gasteiger charge is 2.31. The van der Waals surface area contributed by atoms with Crippen LogP contribution in [0.4, 0.5) is 0 Å². The molecule has 1 saturated heterocycles. The molecular weight excluding hydrogens is 290 g/mol. The summed E-state index contributed by atoms with van der Waals surface area (Å²) in [6.45, 7) is 0.960. The number of amides is 1. The lowest BCUT2D eigenvalue weighted by Crippen LogP contribution is -2.44. The molecule has 0 unspecified atom stereocenters. The molecule has 2 heterocycles. The number of carbonyl (C=O) groups is 2. The normalized spacial score (nSPS) is 18.7. The average molecular weight is 305 g/mol. The highest BCUT2D eigenvalue weighted by atomic mass is 32.2. The maximum absolute atomic E-state index is 12.5. The molecule has 0 saturated carbocycles. The van der Waals surface area contributed by atoms with E-state index in [2.05, 4.69) is 0 Å². The Morgan fingerprint density at radius 2 is 2.19 bits per heavy atom. The van der Waals surface area contributed by atoms with Crippen molar-refractivity contribution in [1.29, 1.82) is 0 Å². The van der Waals surface area contributed by atoms with Crippen LogP contribution in [0.2, 0.25) is 0 Å². The zero-order chi connectivity index (χ0) is 14.8. The van der Waals surface area contributed by atoms with Crippen LogP contribution < -0.4 is 0 Å². The third-order valence-electron chi connectivity index (χ3n) is 3.45. The fourth-order valence-corrected chi connectivity index (χ4v) is 3.48. The van der Waals surface area contributed by atoms with Crippen LogP contribution in [0, 0.1) is 0 Å². The molecular formula is C15H15NO4S. The molecule has 1 atom stereocenters. The van der Waals surface area contributed by atoms with Crippen LogP contribution in [-0.4, -0.2) is 48.0 Å². The van der Waals surface area contributed by atoms with Crippen molar-refractivity contribution < 1.29 is 18.7 Å². The molecule has 5 nitrogen and oxygen atoms in total. The quantitative estimate of drug-likeness (QED) is 0.796. The first-order chi connectivity index (χ1) is 10.2. The van der Waals surface area contributed by atoms with E-state index in [1.807, 2.05) is 24.3 Å². The zero-order valence-electron chi connectivity index (χ0n) is 11.6. The number of nitrogens with zero attached hydrogens (tertiary/aromatic N) is 1. The summed E-state index contributed by atoms with van der Waals surface area (Å²) in [7, 11) is 1.36. The van der Waals surface area contributed by atoms with Gasteiger partial charge in [-0.05, 0) is 12.1 Å². The van der Waals surface area contributed by atoms with Crippen molar-refractivity contribution in [3.05, 3.63) is 36.1 Å². The molecule has 1 aliphatic rings. The molecule has 1 amide bonds. The van der Waals surface area contributed by atoms with Gasteiger partial charge in [0.1, 0.15) is 10.8 Å². The zero-order valence-corrected chi connectivity index (χ0v) is 12.4. The topological polar surface area (TPSA) is 59.8 Å². The van der Waals surface area contributed by atoms with E-state index in [9.17, 15) is 9.59 Å². The van der Waals surface area contributed by atoms with Gasteiger partial charge in [-0.1, -0.05) is 18.2 Å². The summed E-state index contributed by atoms with van der Waals surface area (Å²) in [5.74, 6) is 0.556. The second kappa shape index (κ2) is 5.81. The van der Waals surface area contributed by atoms with E-state index < -0.39 is 0 Å². The van der Waals surface area contributed by atoms with Crippen molar-refractivity contribution in [3.8, 4) is 0 Å². The number of hydrogen-bond donors (Lipinski definition) is 0. The predicted molar refractivity (Wildman–Crippen MR) is 80.4 cm³/mol. The predicted octanol–water partition coefficient (Wildman–Crippen LogP) is 2.16. The number of para-hydroxylation sites is 1. The minimum absolute atomic E-state index is 0.180. The number of thioether (sulfide) groups is 1. The van der Waals surface area contributed by atoms with E-state index in [0.717, 1.165) is 5.39 Å². The van der Waals surface area contributed by atoms with Crippen molar-refractivity contribution in [2.75, 3.05) is 26.0 Å². The van der Waals surface area contributed by atoms with Crippen molar-refractivity contribution in [1.82, 2.24) is 4.90 Å². The monoisotopic (exact) mass is 305 g/mol. The average Bonchev–Trinajstić information content (AvgIpc) is 2.97. The molecule has 6 heteroatoms. The summed E-state index contributed by atoms with van der Waals surface area (Å²) in [5, 5.41) is 0.578. The lowest BCUT2D eigenvalue weighted by Gasteiger charge is -2.30. The highest BCUT2D eigenvalue weighted by Crippen LogP contribution is 2.24. The number of esters is 1. The highest BCUT2D eigenvalue weighted by molar-refractivity contribution is 8.00. The number of methoxy groups -OCH3 is 1. The van der Waals surface area contributed by atoms with Gasteiger partial charge in [0.05, 0.1) is 7.11 Å². The van der Waals surface area contributed by atoms with E-state index in [1.165, 1.54) is 18.9 Å². The Morgan fingerprint density at radius 3 is 2.95 bits per heavy atom. The molecule has 3 rings (SSSR count). The van der Waals surface area contributed by atoms with Gasteiger partial charge in [0.25, 0.3) is 5.91 Å². The Balaban J connectivity index is 1.79.